The van der Waals surface area contributed by atoms with E-state index < -0.39 is 31.3 Å². The predicted octanol–water partition coefficient (Wildman–Crippen LogP) is 16.3. The number of aromatic amines is 4. The number of aromatic nitrogens is 6. The van der Waals surface area contributed by atoms with Crippen molar-refractivity contribution in [1.29, 1.82) is 0 Å². The molecule has 0 spiro atoms. The molecule has 0 amide bonds. The average Bonchev–Trinajstić information content (AvgIpc) is 1.54. The second-order valence-corrected chi connectivity index (χ2v) is 37.9. The monoisotopic (exact) mass is 2060 g/mol. The highest BCUT2D eigenvalue weighted by Crippen LogP contribution is 2.60. The third kappa shape index (κ3) is 22.7. The Labute approximate surface area is 843 Å². The van der Waals surface area contributed by atoms with E-state index in [0.717, 1.165) is 165 Å². The van der Waals surface area contributed by atoms with Crippen LogP contribution in [0.1, 0.15) is 0 Å². The number of nitrogen functional groups attached to an aromatic ring is 6. The first-order valence-corrected chi connectivity index (χ1v) is 50.1. The fourth-order valence-electron chi connectivity index (χ4n) is 17.3. The molecule has 38 heteroatoms. The van der Waals surface area contributed by atoms with Crippen molar-refractivity contribution >= 4 is 152 Å². The van der Waals surface area contributed by atoms with E-state index in [9.17, 15) is 37.8 Å². The molecule has 26 rings (SSSR count). The van der Waals surface area contributed by atoms with Gasteiger partial charge in [-0.2, -0.15) is 0 Å². The first-order chi connectivity index (χ1) is 68.8. The van der Waals surface area contributed by atoms with Crippen molar-refractivity contribution in [2.45, 2.75) is 0 Å². The summed E-state index contributed by atoms with van der Waals surface area (Å²) in [5.41, 5.74) is 48.8. The smallest absolute Gasteiger partial charge is 0.372 e. The number of phosphoric acid groups is 4. The van der Waals surface area contributed by atoms with E-state index >= 15 is 0 Å². The molecule has 34 nitrogen and oxygen atoms in total. The lowest BCUT2D eigenvalue weighted by molar-refractivity contribution is -0.401. The second-order valence-electron chi connectivity index (χ2n) is 32.9. The van der Waals surface area contributed by atoms with Crippen LogP contribution in [0.25, 0.3) is 165 Å². The van der Waals surface area contributed by atoms with Crippen LogP contribution in [-0.2, 0) is 18.3 Å². The number of H-pyrrole nitrogens is 4. The van der Waals surface area contributed by atoms with Gasteiger partial charge in [0.05, 0.1) is 46.5 Å². The van der Waals surface area contributed by atoms with E-state index in [1.807, 2.05) is 315 Å². The molecule has 0 bridgehead atoms. The number of hydrogen-bond acceptors (Lipinski definition) is 24. The van der Waals surface area contributed by atoms with Gasteiger partial charge in [-0.05, 0) is 183 Å². The van der Waals surface area contributed by atoms with Gasteiger partial charge in [0, 0.05) is 68.8 Å². The van der Waals surface area contributed by atoms with Gasteiger partial charge in [-0.25, -0.2) is 48.2 Å². The number of phosphoric ester groups is 4. The van der Waals surface area contributed by atoms with Crippen LogP contribution in [0.5, 0.6) is 46.0 Å². The second kappa shape index (κ2) is 44.6. The minimum Gasteiger partial charge on any atom is -0.736 e. The molecule has 28 N–H and O–H groups in total. The maximum absolute atomic E-state index is 12.3. The summed E-state index contributed by atoms with van der Waals surface area (Å²) < 4.78 is 91.1. The molecule has 16 aromatic carbocycles. The van der Waals surface area contributed by atoms with Crippen LogP contribution in [0.2, 0.25) is 0 Å². The zero-order valence-corrected chi connectivity index (χ0v) is 81.4. The summed E-state index contributed by atoms with van der Waals surface area (Å²) in [7, 11) is -18.0. The van der Waals surface area contributed by atoms with E-state index in [0.29, 0.717) is 34.1 Å². The van der Waals surface area contributed by atoms with Gasteiger partial charge in [0.15, 0.2) is 24.8 Å². The largest absolute Gasteiger partial charge is 0.736 e. The Morgan fingerprint density at radius 2 is 0.345 bits per heavy atom. The Morgan fingerprint density at radius 1 is 0.189 bits per heavy atom. The number of fused-ring (bicyclic) bond motifs is 28. The van der Waals surface area contributed by atoms with E-state index in [2.05, 4.69) is 29.9 Å². The van der Waals surface area contributed by atoms with Gasteiger partial charge in [-0.15, -0.1) is 0 Å². The molecule has 0 aliphatic carbocycles. The number of nitrogens with one attached hydrogen (secondary N) is 4. The number of nitrogens with zero attached hydrogens (tertiary/aromatic N) is 2. The summed E-state index contributed by atoms with van der Waals surface area (Å²) in [4.78, 5) is 69.6. The van der Waals surface area contributed by atoms with E-state index in [-0.39, 0.29) is 78.9 Å². The normalized spacial score (nSPS) is 12.9. The van der Waals surface area contributed by atoms with E-state index in [1.165, 1.54) is 0 Å². The highest BCUT2D eigenvalue weighted by molar-refractivity contribution is 7.47. The molecule has 0 fully saturated rings. The van der Waals surface area contributed by atoms with Gasteiger partial charge in [-0.1, -0.05) is 243 Å². The number of pyridine rings is 6. The molecule has 0 unspecified atom stereocenters. The molecule has 0 saturated carbocycles. The van der Waals surface area contributed by atoms with Gasteiger partial charge in [0.25, 0.3) is 11.4 Å². The Kier molecular flexibility index (Phi) is 32.0. The molecule has 10 heterocycles. The van der Waals surface area contributed by atoms with Crippen molar-refractivity contribution in [2.75, 3.05) is 34.4 Å². The van der Waals surface area contributed by atoms with Crippen molar-refractivity contribution in [3.05, 3.63) is 401 Å². The van der Waals surface area contributed by atoms with Crippen molar-refractivity contribution in [2.24, 2.45) is 0 Å². The lowest BCUT2D eigenvalue weighted by Crippen LogP contribution is -2.15. The fourth-order valence-corrected chi connectivity index (χ4v) is 20.5. The zero-order valence-electron chi connectivity index (χ0n) is 77.8. The minimum absolute atomic E-state index is 0. The molecule has 22 aromatic rings. The fraction of sp³-hybridized carbons (Fsp3) is 0. The van der Waals surface area contributed by atoms with Crippen molar-refractivity contribution < 1.29 is 127 Å². The quantitative estimate of drug-likeness (QED) is 0.0895. The molecule has 6 aromatic heterocycles. The van der Waals surface area contributed by atoms with Gasteiger partial charge < -0.3 is 123 Å². The number of anilines is 6. The van der Waals surface area contributed by atoms with Gasteiger partial charge in [0.2, 0.25) is 11.4 Å². The summed E-state index contributed by atoms with van der Waals surface area (Å²) in [5.74, 6) is 2.28. The molecular weight excluding hydrogens is 1970 g/mol. The molecule has 0 saturated heterocycles. The van der Waals surface area contributed by atoms with Crippen LogP contribution in [0.3, 0.4) is 0 Å². The summed E-state index contributed by atoms with van der Waals surface area (Å²) >= 11 is 0. The van der Waals surface area contributed by atoms with Crippen molar-refractivity contribution in [3.63, 3.8) is 0 Å². The lowest BCUT2D eigenvalue weighted by Gasteiger charge is -2.21. The van der Waals surface area contributed by atoms with E-state index in [1.54, 1.807) is 85.7 Å². The van der Waals surface area contributed by atoms with Gasteiger partial charge in [-0.3, -0.25) is 0 Å². The Balaban J connectivity index is 0.000000137. The Hall–Kier alpha value is -17.8. The molecule has 4 aliphatic rings. The highest BCUT2D eigenvalue weighted by Gasteiger charge is 2.34. The number of hydrogen-bond donors (Lipinski definition) is 6. The van der Waals surface area contributed by atoms with Gasteiger partial charge in [0.1, 0.15) is 57.4 Å². The van der Waals surface area contributed by atoms with Gasteiger partial charge >= 0.3 is 31.3 Å². The SMILES string of the molecule is Nc1ccc(-c2ccc(N)c[nH+]2)[nH+]c1.Nc1ccc(-c2ccc(N)c[nH+]2)nc1.Nc1ccc(-c2ccc(N)c[nH+]2)nc1.O.O.O.O.O.O.O=P1([O-])Oc2ccc3ccccc3c2-c2c(ccc3ccccc23)O1.O=P1([O-])Oc2ccc3ccccc3c2-c2c(ccc3ccccc23)O1.O=P1([O-])Oc2ccc3ccccc3c2-c2c(ccc3ccccc23)O1.O=P1([O-])Oc2ccc3ccccc3c2-c2c(ccc3ccccc23)O1. The van der Waals surface area contributed by atoms with E-state index in [4.69, 9.17) is 70.6 Å². The Morgan fingerprint density at radius 3 is 0.493 bits per heavy atom. The summed E-state index contributed by atoms with van der Waals surface area (Å²) in [5, 5.41) is 15.4. The lowest BCUT2D eigenvalue weighted by atomic mass is 9.92. The zero-order chi connectivity index (χ0) is 98.0. The maximum Gasteiger partial charge on any atom is 0.372 e. The molecule has 4 aliphatic heterocycles. The first-order valence-electron chi connectivity index (χ1n) is 44.3. The molecule has 0 radical (unpaired) electrons. The Bertz CT molecular complexity index is 7410. The molecule has 746 valence electrons. The summed E-state index contributed by atoms with van der Waals surface area (Å²) in [6.45, 7) is 0. The average molecular weight is 2060 g/mol. The number of rotatable bonds is 3. The van der Waals surface area contributed by atoms with Crippen molar-refractivity contribution in [3.8, 4) is 125 Å². The number of nitrogens with two attached hydrogens (primary N) is 6. The molecular formula is C110H94N12O22P4. The first kappa shape index (κ1) is 106. The third-order valence-electron chi connectivity index (χ3n) is 23.6. The highest BCUT2D eigenvalue weighted by atomic mass is 31.2. The third-order valence-corrected chi connectivity index (χ3v) is 26.9. The predicted molar refractivity (Wildman–Crippen MR) is 569 cm³/mol. The molecule has 148 heavy (non-hydrogen) atoms. The van der Waals surface area contributed by atoms with Crippen LogP contribution < -0.4 is 110 Å². The topological polar surface area (TPSA) is 662 Å². The minimum atomic E-state index is -4.50. The van der Waals surface area contributed by atoms with Crippen LogP contribution in [0.4, 0.5) is 34.1 Å². The summed E-state index contributed by atoms with van der Waals surface area (Å²) in [6.07, 6.45) is 10.2. The van der Waals surface area contributed by atoms with Crippen LogP contribution >= 0.6 is 31.3 Å². The van der Waals surface area contributed by atoms with Crippen LogP contribution in [0.15, 0.2) is 401 Å². The number of benzene rings is 16. The standard InChI is InChI=1S/4C20H13O4P.3C10H10N4.6H2O/c4*21-25(22)23-17-11-9-13-5-1-3-7-15(13)19(17)20-16-8-4-2-6-14(16)10-12-18(20)24-25;3*11-7-1-3-9(13-5-7)10-4-2-8(12)6-14-10;;;;;;/h4*1-12H,(H,21,22);3*1-6H,11-12H2;6*1H2. The maximum atomic E-state index is 12.3. The van der Waals surface area contributed by atoms with Crippen LogP contribution in [-0.4, -0.2) is 42.8 Å². The summed E-state index contributed by atoms with van der Waals surface area (Å²) in [6, 6.07) is 113. The van der Waals surface area contributed by atoms with Crippen molar-refractivity contribution in [1.82, 2.24) is 9.97 Å². The van der Waals surface area contributed by atoms with Crippen LogP contribution in [0, 0.1) is 0 Å². The molecule has 0 atom stereocenters.